The predicted molar refractivity (Wildman–Crippen MR) is 116 cm³/mol. The van der Waals surface area contributed by atoms with Crippen LogP contribution in [-0.2, 0) is 11.8 Å². The zero-order chi connectivity index (χ0) is 19.9. The van der Waals surface area contributed by atoms with E-state index in [-0.39, 0.29) is 11.9 Å². The Morgan fingerprint density at radius 3 is 2.54 bits per heavy atom. The molecule has 0 aliphatic heterocycles. The molecule has 0 aliphatic carbocycles. The number of thioether (sulfide) groups is 1. The Labute approximate surface area is 177 Å². The Bertz CT molecular complexity index is 910. The first kappa shape index (κ1) is 20.5. The number of hydrogen-bond acceptors (Lipinski definition) is 4. The second-order valence-electron chi connectivity index (χ2n) is 6.22. The van der Waals surface area contributed by atoms with E-state index in [1.54, 1.807) is 25.1 Å². The summed E-state index contributed by atoms with van der Waals surface area (Å²) < 4.78 is 8.20. The van der Waals surface area contributed by atoms with Crippen molar-refractivity contribution in [1.29, 1.82) is 0 Å². The molecule has 2 aromatic carbocycles. The summed E-state index contributed by atoms with van der Waals surface area (Å²) in [6, 6.07) is 15.5. The number of methoxy groups -OCH3 is 1. The first-order valence-corrected chi connectivity index (χ1v) is 10.6. The zero-order valence-electron chi connectivity index (χ0n) is 15.8. The third-order valence-electron chi connectivity index (χ3n) is 4.28. The van der Waals surface area contributed by atoms with E-state index in [0.29, 0.717) is 12.2 Å². The van der Waals surface area contributed by atoms with Gasteiger partial charge in [-0.2, -0.15) is 0 Å². The molecule has 0 saturated carbocycles. The molecule has 3 rings (SSSR count). The van der Waals surface area contributed by atoms with Gasteiger partial charge >= 0.3 is 0 Å². The van der Waals surface area contributed by atoms with Crippen LogP contribution in [0.4, 0.5) is 0 Å². The number of aryl methyl sites for hydroxylation is 1. The molecule has 0 radical (unpaired) electrons. The molecule has 5 nitrogen and oxygen atoms in total. The third-order valence-corrected chi connectivity index (χ3v) is 5.83. The number of halogens is 1. The molecular formula is C21H22BrN3O2S. The van der Waals surface area contributed by atoms with Crippen molar-refractivity contribution >= 4 is 33.6 Å². The summed E-state index contributed by atoms with van der Waals surface area (Å²) in [4.78, 5) is 18.2. The number of nitrogens with zero attached hydrogens (tertiary/aromatic N) is 2. The number of nitrogens with one attached hydrogen (secondary N) is 1. The molecule has 1 atom stereocenters. The summed E-state index contributed by atoms with van der Waals surface area (Å²) in [5.74, 6) is 2.27. The minimum atomic E-state index is -0.309. The van der Waals surface area contributed by atoms with E-state index in [0.717, 1.165) is 26.5 Å². The van der Waals surface area contributed by atoms with Crippen molar-refractivity contribution in [1.82, 2.24) is 14.9 Å². The number of ether oxygens (including phenoxy) is 1. The number of amides is 1. The number of aromatic nitrogens is 2. The topological polar surface area (TPSA) is 56.1 Å². The summed E-state index contributed by atoms with van der Waals surface area (Å²) in [5.41, 5.74) is 0.962. The van der Waals surface area contributed by atoms with Gasteiger partial charge in [0, 0.05) is 41.0 Å². The van der Waals surface area contributed by atoms with Crippen molar-refractivity contribution in [2.75, 3.05) is 12.9 Å². The van der Waals surface area contributed by atoms with Crippen LogP contribution < -0.4 is 10.1 Å². The van der Waals surface area contributed by atoms with E-state index < -0.39 is 0 Å². The standard InChI is InChI=1S/C21H22BrN3O2S/c1-25-13-12-23-21(25)20(15-3-7-17(27-2)8-4-15)24-19(26)11-14-28-18-9-5-16(22)6-10-18/h3-10,12-13,20H,11,14H2,1-2H3,(H,24,26). The van der Waals surface area contributed by atoms with Gasteiger partial charge in [-0.15, -0.1) is 11.8 Å². The number of benzene rings is 2. The summed E-state index contributed by atoms with van der Waals surface area (Å²) in [6.07, 6.45) is 4.04. The Kier molecular flexibility index (Phi) is 7.17. The lowest BCUT2D eigenvalue weighted by Crippen LogP contribution is -2.31. The molecule has 3 aromatic rings. The van der Waals surface area contributed by atoms with Crippen LogP contribution in [0.25, 0.3) is 0 Å². The van der Waals surface area contributed by atoms with Gasteiger partial charge in [-0.05, 0) is 42.0 Å². The van der Waals surface area contributed by atoms with E-state index in [4.69, 9.17) is 4.74 Å². The van der Waals surface area contributed by atoms with Crippen LogP contribution >= 0.6 is 27.7 Å². The predicted octanol–water partition coefficient (Wildman–Crippen LogP) is 4.58. The highest BCUT2D eigenvalue weighted by atomic mass is 79.9. The lowest BCUT2D eigenvalue weighted by Gasteiger charge is -2.19. The van der Waals surface area contributed by atoms with Crippen molar-refractivity contribution in [2.24, 2.45) is 7.05 Å². The number of carbonyl (C=O) groups excluding carboxylic acids is 1. The zero-order valence-corrected chi connectivity index (χ0v) is 18.2. The fraction of sp³-hybridized carbons (Fsp3) is 0.238. The van der Waals surface area contributed by atoms with Crippen LogP contribution in [0.5, 0.6) is 5.75 Å². The average molecular weight is 460 g/mol. The largest absolute Gasteiger partial charge is 0.497 e. The molecule has 0 saturated heterocycles. The fourth-order valence-electron chi connectivity index (χ4n) is 2.77. The quantitative estimate of drug-likeness (QED) is 0.500. The van der Waals surface area contributed by atoms with Crippen LogP contribution in [0.1, 0.15) is 23.9 Å². The number of carbonyl (C=O) groups is 1. The average Bonchev–Trinajstić information content (AvgIpc) is 3.13. The molecule has 0 bridgehead atoms. The Morgan fingerprint density at radius 2 is 1.93 bits per heavy atom. The smallest absolute Gasteiger partial charge is 0.221 e. The van der Waals surface area contributed by atoms with Gasteiger partial charge in [-0.1, -0.05) is 28.1 Å². The highest BCUT2D eigenvalue weighted by molar-refractivity contribution is 9.10. The van der Waals surface area contributed by atoms with E-state index in [2.05, 4.69) is 26.2 Å². The number of hydrogen-bond donors (Lipinski definition) is 1. The lowest BCUT2D eigenvalue weighted by atomic mass is 10.1. The van der Waals surface area contributed by atoms with E-state index in [1.807, 2.05) is 66.3 Å². The number of rotatable bonds is 8. The Hall–Kier alpha value is -2.25. The van der Waals surface area contributed by atoms with Crippen molar-refractivity contribution in [2.45, 2.75) is 17.4 Å². The van der Waals surface area contributed by atoms with Gasteiger partial charge in [-0.3, -0.25) is 4.79 Å². The summed E-state index contributed by atoms with van der Waals surface area (Å²) in [6.45, 7) is 0. The summed E-state index contributed by atoms with van der Waals surface area (Å²) in [5, 5.41) is 3.13. The molecule has 1 aromatic heterocycles. The van der Waals surface area contributed by atoms with Gasteiger partial charge in [-0.25, -0.2) is 4.98 Å². The van der Waals surface area contributed by atoms with Crippen LogP contribution in [0.15, 0.2) is 70.3 Å². The van der Waals surface area contributed by atoms with Gasteiger partial charge < -0.3 is 14.6 Å². The van der Waals surface area contributed by atoms with Gasteiger partial charge in [0.1, 0.15) is 17.6 Å². The molecule has 1 N–H and O–H groups in total. The third kappa shape index (κ3) is 5.39. The molecule has 1 unspecified atom stereocenters. The molecule has 0 spiro atoms. The maximum atomic E-state index is 12.6. The van der Waals surface area contributed by atoms with E-state index in [9.17, 15) is 4.79 Å². The van der Waals surface area contributed by atoms with E-state index >= 15 is 0 Å². The van der Waals surface area contributed by atoms with Crippen LogP contribution in [0.2, 0.25) is 0 Å². The SMILES string of the molecule is COc1ccc(C(NC(=O)CCSc2ccc(Br)cc2)c2nccn2C)cc1. The first-order valence-electron chi connectivity index (χ1n) is 8.85. The molecule has 7 heteroatoms. The minimum Gasteiger partial charge on any atom is -0.497 e. The highest BCUT2D eigenvalue weighted by Crippen LogP contribution is 2.24. The summed E-state index contributed by atoms with van der Waals surface area (Å²) >= 11 is 5.10. The van der Waals surface area contributed by atoms with Crippen LogP contribution in [0.3, 0.4) is 0 Å². The highest BCUT2D eigenvalue weighted by Gasteiger charge is 2.20. The maximum absolute atomic E-state index is 12.6. The normalized spacial score (nSPS) is 11.8. The van der Waals surface area contributed by atoms with E-state index in [1.165, 1.54) is 0 Å². The number of imidazole rings is 1. The summed E-state index contributed by atoms with van der Waals surface area (Å²) in [7, 11) is 3.56. The Balaban J connectivity index is 1.65. The molecule has 1 heterocycles. The minimum absolute atomic E-state index is 0.00608. The lowest BCUT2D eigenvalue weighted by molar-refractivity contribution is -0.121. The van der Waals surface area contributed by atoms with Gasteiger partial charge in [0.25, 0.3) is 0 Å². The van der Waals surface area contributed by atoms with Gasteiger partial charge in [0.05, 0.1) is 7.11 Å². The van der Waals surface area contributed by atoms with Gasteiger partial charge in [0.15, 0.2) is 0 Å². The van der Waals surface area contributed by atoms with Gasteiger partial charge in [0.2, 0.25) is 5.91 Å². The molecule has 0 fully saturated rings. The van der Waals surface area contributed by atoms with Crippen LogP contribution in [0, 0.1) is 0 Å². The molecule has 146 valence electrons. The Morgan fingerprint density at radius 1 is 1.21 bits per heavy atom. The molecular weight excluding hydrogens is 438 g/mol. The first-order chi connectivity index (χ1) is 13.6. The fourth-order valence-corrected chi connectivity index (χ4v) is 3.89. The van der Waals surface area contributed by atoms with Crippen molar-refractivity contribution in [3.8, 4) is 5.75 Å². The molecule has 28 heavy (non-hydrogen) atoms. The second-order valence-corrected chi connectivity index (χ2v) is 8.31. The van der Waals surface area contributed by atoms with Crippen molar-refractivity contribution in [3.63, 3.8) is 0 Å². The molecule has 1 amide bonds. The maximum Gasteiger partial charge on any atom is 0.221 e. The van der Waals surface area contributed by atoms with Crippen molar-refractivity contribution < 1.29 is 9.53 Å². The monoisotopic (exact) mass is 459 g/mol. The molecule has 0 aliphatic rings. The van der Waals surface area contributed by atoms with Crippen LogP contribution in [-0.4, -0.2) is 28.3 Å². The van der Waals surface area contributed by atoms with Crippen molar-refractivity contribution in [3.05, 3.63) is 76.8 Å². The second kappa shape index (κ2) is 9.80.